The van der Waals surface area contributed by atoms with Gasteiger partial charge in [0.15, 0.2) is 6.61 Å². The Hall–Kier alpha value is -3.81. The van der Waals surface area contributed by atoms with E-state index in [1.54, 1.807) is 11.6 Å². The Balaban J connectivity index is 1.68. The monoisotopic (exact) mass is 409 g/mol. The Bertz CT molecular complexity index is 1090. The Labute approximate surface area is 174 Å². The first-order valence-corrected chi connectivity index (χ1v) is 9.27. The number of carbonyl (C=O) groups excluding carboxylic acids is 2. The van der Waals surface area contributed by atoms with Crippen LogP contribution in [0.25, 0.3) is 5.69 Å². The number of esters is 1. The molecule has 30 heavy (non-hydrogen) atoms. The van der Waals surface area contributed by atoms with Crippen molar-refractivity contribution in [1.29, 1.82) is 0 Å². The predicted molar refractivity (Wildman–Crippen MR) is 111 cm³/mol. The number of anilines is 1. The molecule has 0 spiro atoms. The summed E-state index contributed by atoms with van der Waals surface area (Å²) < 4.78 is 11.8. The van der Waals surface area contributed by atoms with Gasteiger partial charge in [-0.3, -0.25) is 4.79 Å². The summed E-state index contributed by atoms with van der Waals surface area (Å²) in [5.74, 6) is -1.21. The van der Waals surface area contributed by atoms with Gasteiger partial charge in [-0.25, -0.2) is 9.48 Å². The number of aromatic hydroxyl groups is 1. The lowest BCUT2D eigenvalue weighted by atomic mass is 10.2. The third-order valence-electron chi connectivity index (χ3n) is 4.59. The number of phenols is 1. The molecule has 0 bridgehead atoms. The first kappa shape index (κ1) is 20.9. The smallest absolute Gasteiger partial charge is 0.342 e. The van der Waals surface area contributed by atoms with Crippen molar-refractivity contribution in [1.82, 2.24) is 9.78 Å². The zero-order valence-corrected chi connectivity index (χ0v) is 17.2. The highest BCUT2D eigenvalue weighted by molar-refractivity contribution is 5.97. The van der Waals surface area contributed by atoms with E-state index >= 15 is 0 Å². The summed E-state index contributed by atoms with van der Waals surface area (Å²) in [6.07, 6.45) is 0. The van der Waals surface area contributed by atoms with E-state index in [9.17, 15) is 14.7 Å². The van der Waals surface area contributed by atoms with Gasteiger partial charge in [0.25, 0.3) is 5.91 Å². The van der Waals surface area contributed by atoms with Gasteiger partial charge in [0.2, 0.25) is 0 Å². The second-order valence-corrected chi connectivity index (χ2v) is 6.80. The van der Waals surface area contributed by atoms with Gasteiger partial charge in [0.1, 0.15) is 17.1 Å². The molecule has 0 aliphatic rings. The highest BCUT2D eigenvalue weighted by Gasteiger charge is 2.18. The molecule has 0 aliphatic carbocycles. The van der Waals surface area contributed by atoms with Crippen LogP contribution < -0.4 is 10.1 Å². The maximum Gasteiger partial charge on any atom is 0.342 e. The normalized spacial score (nSPS) is 10.5. The first-order valence-electron chi connectivity index (χ1n) is 9.27. The zero-order valence-electron chi connectivity index (χ0n) is 17.2. The maximum absolute atomic E-state index is 12.3. The second kappa shape index (κ2) is 8.69. The van der Waals surface area contributed by atoms with Gasteiger partial charge in [-0.15, -0.1) is 0 Å². The van der Waals surface area contributed by atoms with Crippen LogP contribution in [-0.4, -0.2) is 40.5 Å². The van der Waals surface area contributed by atoms with Crippen LogP contribution in [0, 0.1) is 20.8 Å². The Morgan fingerprint density at radius 2 is 1.80 bits per heavy atom. The minimum Gasteiger partial charge on any atom is -0.507 e. The summed E-state index contributed by atoms with van der Waals surface area (Å²) >= 11 is 0. The van der Waals surface area contributed by atoms with E-state index in [1.807, 2.05) is 38.1 Å². The number of nitrogens with zero attached hydrogens (tertiary/aromatic N) is 2. The standard InChI is InChI=1S/C22H23N3O5/c1-13-5-7-16(8-6-13)25-15(3)21(14(2)24-25)23-20(27)12-30-22(28)18-11-17(29-4)9-10-19(18)26/h5-11,26H,12H2,1-4H3,(H,23,27). The molecule has 3 aromatic rings. The second-order valence-electron chi connectivity index (χ2n) is 6.80. The molecule has 0 saturated heterocycles. The van der Waals surface area contributed by atoms with Crippen LogP contribution in [0.2, 0.25) is 0 Å². The molecule has 8 heteroatoms. The summed E-state index contributed by atoms with van der Waals surface area (Å²) in [5, 5.41) is 17.1. The van der Waals surface area contributed by atoms with Crippen LogP contribution in [0.4, 0.5) is 5.69 Å². The summed E-state index contributed by atoms with van der Waals surface area (Å²) in [5.41, 5.74) is 3.88. The molecule has 1 heterocycles. The average molecular weight is 409 g/mol. The van der Waals surface area contributed by atoms with Crippen LogP contribution in [0.3, 0.4) is 0 Å². The molecular formula is C22H23N3O5. The minimum atomic E-state index is -0.828. The van der Waals surface area contributed by atoms with Crippen molar-refractivity contribution in [2.75, 3.05) is 19.0 Å². The fourth-order valence-electron chi connectivity index (χ4n) is 2.95. The number of hydrogen-bond donors (Lipinski definition) is 2. The zero-order chi connectivity index (χ0) is 21.8. The third-order valence-corrected chi connectivity index (χ3v) is 4.59. The quantitative estimate of drug-likeness (QED) is 0.606. The molecule has 0 radical (unpaired) electrons. The number of aromatic nitrogens is 2. The summed E-state index contributed by atoms with van der Waals surface area (Å²) in [4.78, 5) is 24.5. The van der Waals surface area contributed by atoms with Crippen molar-refractivity contribution in [3.05, 3.63) is 65.0 Å². The Kier molecular flexibility index (Phi) is 6.06. The number of ether oxygens (including phenoxy) is 2. The van der Waals surface area contributed by atoms with E-state index < -0.39 is 18.5 Å². The van der Waals surface area contributed by atoms with Crippen LogP contribution in [0.1, 0.15) is 27.3 Å². The topological polar surface area (TPSA) is 103 Å². The highest BCUT2D eigenvalue weighted by atomic mass is 16.5. The Morgan fingerprint density at radius 3 is 2.47 bits per heavy atom. The molecule has 0 aliphatic heterocycles. The molecule has 0 saturated carbocycles. The lowest BCUT2D eigenvalue weighted by molar-refractivity contribution is -0.119. The number of nitrogens with one attached hydrogen (secondary N) is 1. The lowest BCUT2D eigenvalue weighted by Gasteiger charge is -2.09. The summed E-state index contributed by atoms with van der Waals surface area (Å²) in [6.45, 7) is 5.12. The molecule has 2 N–H and O–H groups in total. The van der Waals surface area contributed by atoms with E-state index in [4.69, 9.17) is 9.47 Å². The minimum absolute atomic E-state index is 0.0818. The number of rotatable bonds is 6. The van der Waals surface area contributed by atoms with Gasteiger partial charge < -0.3 is 19.9 Å². The number of methoxy groups -OCH3 is 1. The number of phenolic OH excluding ortho intramolecular Hbond substituents is 1. The van der Waals surface area contributed by atoms with Crippen LogP contribution >= 0.6 is 0 Å². The summed E-state index contributed by atoms with van der Waals surface area (Å²) in [6, 6.07) is 12.0. The molecule has 1 aromatic heterocycles. The van der Waals surface area contributed by atoms with E-state index in [0.29, 0.717) is 17.1 Å². The molecule has 0 unspecified atom stereocenters. The van der Waals surface area contributed by atoms with Crippen molar-refractivity contribution in [2.45, 2.75) is 20.8 Å². The molecule has 3 rings (SSSR count). The van der Waals surface area contributed by atoms with E-state index in [2.05, 4.69) is 10.4 Å². The van der Waals surface area contributed by atoms with Gasteiger partial charge >= 0.3 is 5.97 Å². The fraction of sp³-hybridized carbons (Fsp3) is 0.227. The van der Waals surface area contributed by atoms with Crippen LogP contribution in [0.15, 0.2) is 42.5 Å². The highest BCUT2D eigenvalue weighted by Crippen LogP contribution is 2.24. The van der Waals surface area contributed by atoms with Gasteiger partial charge in [0, 0.05) is 0 Å². The molecule has 0 fully saturated rings. The van der Waals surface area contributed by atoms with Crippen molar-refractivity contribution in [3.63, 3.8) is 0 Å². The van der Waals surface area contributed by atoms with Crippen molar-refractivity contribution < 1.29 is 24.2 Å². The largest absolute Gasteiger partial charge is 0.507 e. The molecule has 0 atom stereocenters. The van der Waals surface area contributed by atoms with Crippen molar-refractivity contribution in [2.24, 2.45) is 0 Å². The third kappa shape index (κ3) is 4.43. The summed E-state index contributed by atoms with van der Waals surface area (Å²) in [7, 11) is 1.44. The molecular weight excluding hydrogens is 386 g/mol. The van der Waals surface area contributed by atoms with Crippen molar-refractivity contribution >= 4 is 17.6 Å². The average Bonchev–Trinajstić information content (AvgIpc) is 3.01. The lowest BCUT2D eigenvalue weighted by Crippen LogP contribution is -2.21. The first-order chi connectivity index (χ1) is 14.3. The number of hydrogen-bond acceptors (Lipinski definition) is 6. The van der Waals surface area contributed by atoms with Gasteiger partial charge in [0.05, 0.1) is 29.9 Å². The molecule has 8 nitrogen and oxygen atoms in total. The van der Waals surface area contributed by atoms with Crippen LogP contribution in [-0.2, 0) is 9.53 Å². The number of aryl methyl sites for hydroxylation is 2. The fourth-order valence-corrected chi connectivity index (χ4v) is 2.95. The number of carbonyl (C=O) groups is 2. The predicted octanol–water partition coefficient (Wildman–Crippen LogP) is 3.31. The maximum atomic E-state index is 12.3. The SMILES string of the molecule is COc1ccc(O)c(C(=O)OCC(=O)Nc2c(C)nn(-c3ccc(C)cc3)c2C)c1. The molecule has 156 valence electrons. The van der Waals surface area contributed by atoms with Gasteiger partial charge in [-0.1, -0.05) is 17.7 Å². The molecule has 1 amide bonds. The van der Waals surface area contributed by atoms with E-state index in [0.717, 1.165) is 16.9 Å². The number of benzene rings is 2. The van der Waals surface area contributed by atoms with E-state index in [1.165, 1.54) is 25.3 Å². The van der Waals surface area contributed by atoms with Gasteiger partial charge in [-0.05, 0) is 51.1 Å². The van der Waals surface area contributed by atoms with Gasteiger partial charge in [-0.2, -0.15) is 5.10 Å². The Morgan fingerprint density at radius 1 is 1.10 bits per heavy atom. The number of amides is 1. The van der Waals surface area contributed by atoms with Crippen LogP contribution in [0.5, 0.6) is 11.5 Å². The molecule has 2 aromatic carbocycles. The van der Waals surface area contributed by atoms with Crippen molar-refractivity contribution in [3.8, 4) is 17.2 Å². The van der Waals surface area contributed by atoms with E-state index in [-0.39, 0.29) is 11.3 Å².